The Balaban J connectivity index is 1.66. The van der Waals surface area contributed by atoms with E-state index in [1.807, 2.05) is 30.3 Å². The van der Waals surface area contributed by atoms with Crippen molar-refractivity contribution in [2.45, 2.75) is 6.61 Å². The summed E-state index contributed by atoms with van der Waals surface area (Å²) in [7, 11) is 1.60. The van der Waals surface area contributed by atoms with Gasteiger partial charge in [0.25, 0.3) is 0 Å². The quantitative estimate of drug-likeness (QED) is 0.484. The Morgan fingerprint density at radius 2 is 1.88 bits per heavy atom. The average Bonchev–Trinajstić information content (AvgIpc) is 3.03. The summed E-state index contributed by atoms with van der Waals surface area (Å²) >= 11 is 1.52. The molecule has 0 atom stereocenters. The van der Waals surface area contributed by atoms with Crippen molar-refractivity contribution >= 4 is 27.5 Å². The van der Waals surface area contributed by atoms with Crippen LogP contribution in [0.3, 0.4) is 0 Å². The highest BCUT2D eigenvalue weighted by Gasteiger charge is 2.14. The molecule has 3 aromatic rings. The Hall–Kier alpha value is -2.44. The number of carbonyl (C=O) groups excluding carboxylic acids is 1. The van der Waals surface area contributed by atoms with Gasteiger partial charge in [0.05, 0.1) is 16.8 Å². The lowest BCUT2D eigenvalue weighted by Crippen LogP contribution is -2.10. The van der Waals surface area contributed by atoms with Gasteiger partial charge in [-0.15, -0.1) is 11.3 Å². The molecule has 0 fully saturated rings. The van der Waals surface area contributed by atoms with E-state index in [0.29, 0.717) is 24.5 Å². The minimum atomic E-state index is -0.428. The average molecular weight is 343 g/mol. The van der Waals surface area contributed by atoms with Gasteiger partial charge in [0, 0.05) is 7.11 Å². The first-order valence-corrected chi connectivity index (χ1v) is 8.32. The van der Waals surface area contributed by atoms with Gasteiger partial charge in [-0.25, -0.2) is 9.78 Å². The molecule has 0 unspecified atom stereocenters. The molecule has 0 saturated carbocycles. The summed E-state index contributed by atoms with van der Waals surface area (Å²) in [4.78, 5) is 16.8. The van der Waals surface area contributed by atoms with Crippen LogP contribution in [0.4, 0.5) is 0 Å². The molecule has 3 rings (SSSR count). The number of hydrogen-bond donors (Lipinski definition) is 0. The van der Waals surface area contributed by atoms with Gasteiger partial charge >= 0.3 is 5.97 Å². The zero-order chi connectivity index (χ0) is 16.8. The third-order valence-electron chi connectivity index (χ3n) is 3.32. The summed E-state index contributed by atoms with van der Waals surface area (Å²) in [6, 6.07) is 14.8. The zero-order valence-electron chi connectivity index (χ0n) is 13.2. The standard InChI is InChI=1S/C18H17NO4S/c1-21-10-11-22-15-8-4-2-6-13(15)18(20)23-12-17-19-14-7-3-5-9-16(14)24-17/h2-9H,10-12H2,1H3. The number of aromatic nitrogens is 1. The van der Waals surface area contributed by atoms with Crippen LogP contribution in [-0.4, -0.2) is 31.3 Å². The van der Waals surface area contributed by atoms with Crippen molar-refractivity contribution in [2.24, 2.45) is 0 Å². The third-order valence-corrected chi connectivity index (χ3v) is 4.33. The van der Waals surface area contributed by atoms with Crippen LogP contribution in [0.2, 0.25) is 0 Å². The number of methoxy groups -OCH3 is 1. The lowest BCUT2D eigenvalue weighted by Gasteiger charge is -2.10. The van der Waals surface area contributed by atoms with Gasteiger partial charge in [0.15, 0.2) is 0 Å². The van der Waals surface area contributed by atoms with E-state index in [4.69, 9.17) is 14.2 Å². The second-order valence-electron chi connectivity index (χ2n) is 4.99. The summed E-state index contributed by atoms with van der Waals surface area (Å²) in [5.41, 5.74) is 1.31. The Kier molecular flexibility index (Phi) is 5.40. The lowest BCUT2D eigenvalue weighted by molar-refractivity contribution is 0.0466. The molecule has 0 radical (unpaired) electrons. The van der Waals surface area contributed by atoms with Gasteiger partial charge in [-0.05, 0) is 24.3 Å². The van der Waals surface area contributed by atoms with Crippen molar-refractivity contribution in [3.8, 4) is 5.75 Å². The van der Waals surface area contributed by atoms with E-state index in [-0.39, 0.29) is 6.61 Å². The molecule has 124 valence electrons. The Labute approximate surface area is 143 Å². The molecule has 2 aromatic carbocycles. The molecule has 0 spiro atoms. The molecule has 0 amide bonds. The number of benzene rings is 2. The highest BCUT2D eigenvalue weighted by Crippen LogP contribution is 2.23. The zero-order valence-corrected chi connectivity index (χ0v) is 14.0. The van der Waals surface area contributed by atoms with Crippen molar-refractivity contribution in [1.29, 1.82) is 0 Å². The lowest BCUT2D eigenvalue weighted by atomic mass is 10.2. The van der Waals surface area contributed by atoms with Crippen molar-refractivity contribution in [2.75, 3.05) is 20.3 Å². The number of carbonyl (C=O) groups is 1. The summed E-state index contributed by atoms with van der Waals surface area (Å²) in [6.45, 7) is 0.971. The number of fused-ring (bicyclic) bond motifs is 1. The number of ether oxygens (including phenoxy) is 3. The molecular formula is C18H17NO4S. The van der Waals surface area contributed by atoms with Gasteiger partial charge in [-0.2, -0.15) is 0 Å². The van der Waals surface area contributed by atoms with E-state index < -0.39 is 5.97 Å². The Morgan fingerprint density at radius 1 is 1.08 bits per heavy atom. The van der Waals surface area contributed by atoms with Crippen LogP contribution in [0, 0.1) is 0 Å². The molecule has 5 nitrogen and oxygen atoms in total. The van der Waals surface area contributed by atoms with Gasteiger partial charge < -0.3 is 14.2 Å². The molecule has 24 heavy (non-hydrogen) atoms. The number of para-hydroxylation sites is 2. The molecule has 1 aromatic heterocycles. The van der Waals surface area contributed by atoms with Crippen LogP contribution in [0.5, 0.6) is 5.75 Å². The Bertz CT molecular complexity index is 798. The van der Waals surface area contributed by atoms with Gasteiger partial charge in [0.2, 0.25) is 0 Å². The van der Waals surface area contributed by atoms with E-state index in [2.05, 4.69) is 4.98 Å². The maximum atomic E-state index is 12.3. The number of nitrogens with zero attached hydrogens (tertiary/aromatic N) is 1. The van der Waals surface area contributed by atoms with E-state index in [0.717, 1.165) is 15.2 Å². The Morgan fingerprint density at radius 3 is 2.71 bits per heavy atom. The number of thiazole rings is 1. The van der Waals surface area contributed by atoms with Crippen molar-refractivity contribution < 1.29 is 19.0 Å². The van der Waals surface area contributed by atoms with E-state index in [9.17, 15) is 4.79 Å². The molecule has 0 saturated heterocycles. The number of esters is 1. The highest BCUT2D eigenvalue weighted by molar-refractivity contribution is 7.18. The third kappa shape index (κ3) is 3.90. The molecular weight excluding hydrogens is 326 g/mol. The summed E-state index contributed by atoms with van der Waals surface area (Å²) in [5, 5.41) is 0.766. The fourth-order valence-electron chi connectivity index (χ4n) is 2.18. The molecule has 0 N–H and O–H groups in total. The molecule has 6 heteroatoms. The monoisotopic (exact) mass is 343 g/mol. The number of rotatable bonds is 7. The minimum Gasteiger partial charge on any atom is -0.490 e. The van der Waals surface area contributed by atoms with Crippen molar-refractivity contribution in [1.82, 2.24) is 4.98 Å². The summed E-state index contributed by atoms with van der Waals surface area (Å²) in [5.74, 6) is 0.0612. The largest absolute Gasteiger partial charge is 0.490 e. The second-order valence-corrected chi connectivity index (χ2v) is 6.10. The first-order valence-electron chi connectivity index (χ1n) is 7.50. The van der Waals surface area contributed by atoms with Crippen LogP contribution in [-0.2, 0) is 16.1 Å². The van der Waals surface area contributed by atoms with E-state index >= 15 is 0 Å². The molecule has 0 bridgehead atoms. The first-order chi connectivity index (χ1) is 11.8. The molecule has 0 aliphatic rings. The smallest absolute Gasteiger partial charge is 0.342 e. The maximum Gasteiger partial charge on any atom is 0.342 e. The van der Waals surface area contributed by atoms with Crippen LogP contribution in [0.1, 0.15) is 15.4 Å². The number of hydrogen-bond acceptors (Lipinski definition) is 6. The van der Waals surface area contributed by atoms with Crippen LogP contribution in [0.25, 0.3) is 10.2 Å². The second kappa shape index (κ2) is 7.90. The highest BCUT2D eigenvalue weighted by atomic mass is 32.1. The molecule has 0 aliphatic carbocycles. The predicted molar refractivity (Wildman–Crippen MR) is 92.6 cm³/mol. The topological polar surface area (TPSA) is 57.7 Å². The van der Waals surface area contributed by atoms with Crippen LogP contribution >= 0.6 is 11.3 Å². The van der Waals surface area contributed by atoms with Gasteiger partial charge in [-0.1, -0.05) is 24.3 Å². The summed E-state index contributed by atoms with van der Waals surface area (Å²) in [6.07, 6.45) is 0. The van der Waals surface area contributed by atoms with Crippen LogP contribution < -0.4 is 4.74 Å². The molecule has 0 aliphatic heterocycles. The van der Waals surface area contributed by atoms with Crippen molar-refractivity contribution in [3.05, 3.63) is 59.1 Å². The van der Waals surface area contributed by atoms with Gasteiger partial charge in [-0.3, -0.25) is 0 Å². The normalized spacial score (nSPS) is 10.7. The van der Waals surface area contributed by atoms with E-state index in [1.165, 1.54) is 11.3 Å². The predicted octanol–water partition coefficient (Wildman–Crippen LogP) is 3.68. The van der Waals surface area contributed by atoms with Crippen molar-refractivity contribution in [3.63, 3.8) is 0 Å². The van der Waals surface area contributed by atoms with Gasteiger partial charge in [0.1, 0.15) is 29.5 Å². The maximum absolute atomic E-state index is 12.3. The fraction of sp³-hybridized carbons (Fsp3) is 0.222. The SMILES string of the molecule is COCCOc1ccccc1C(=O)OCc1nc2ccccc2s1. The summed E-state index contributed by atoms with van der Waals surface area (Å²) < 4.78 is 17.0. The van der Waals surface area contributed by atoms with E-state index in [1.54, 1.807) is 25.3 Å². The minimum absolute atomic E-state index is 0.143. The molecule has 1 heterocycles. The van der Waals surface area contributed by atoms with Crippen LogP contribution in [0.15, 0.2) is 48.5 Å². The first kappa shape index (κ1) is 16.4. The fourth-order valence-corrected chi connectivity index (χ4v) is 3.06.